The summed E-state index contributed by atoms with van der Waals surface area (Å²) in [5, 5.41) is 3.23. The summed E-state index contributed by atoms with van der Waals surface area (Å²) in [4.78, 5) is 30.8. The van der Waals surface area contributed by atoms with Gasteiger partial charge in [0.15, 0.2) is 5.78 Å². The van der Waals surface area contributed by atoms with E-state index < -0.39 is 0 Å². The Morgan fingerprint density at radius 1 is 1.11 bits per heavy atom. The van der Waals surface area contributed by atoms with E-state index in [4.69, 9.17) is 4.74 Å². The highest BCUT2D eigenvalue weighted by Crippen LogP contribution is 2.32. The third kappa shape index (κ3) is 3.78. The molecule has 1 aromatic heterocycles. The Bertz CT molecular complexity index is 871. The number of hydrogen-bond acceptors (Lipinski definition) is 5. The number of rotatable bonds is 5. The number of carbonyl (C=O) groups excluding carboxylic acids is 2. The second-order valence-corrected chi connectivity index (χ2v) is 7.66. The van der Waals surface area contributed by atoms with Crippen LogP contribution in [-0.4, -0.2) is 46.7 Å². The van der Waals surface area contributed by atoms with E-state index in [1.165, 1.54) is 6.92 Å². The first-order valence-electron chi connectivity index (χ1n) is 9.82. The Balaban J connectivity index is 1.41. The molecular weight excluding hydrogens is 354 g/mol. The summed E-state index contributed by atoms with van der Waals surface area (Å²) in [5.41, 5.74) is 0.974. The number of piperidine rings is 3. The van der Waals surface area contributed by atoms with Crippen molar-refractivity contribution < 1.29 is 14.3 Å². The lowest BCUT2D eigenvalue weighted by Gasteiger charge is -2.49. The van der Waals surface area contributed by atoms with Gasteiger partial charge in [0, 0.05) is 30.6 Å². The molecule has 6 heteroatoms. The molecule has 2 atom stereocenters. The number of nitrogens with one attached hydrogen (secondary N) is 1. The lowest BCUT2D eigenvalue weighted by atomic mass is 9.79. The van der Waals surface area contributed by atoms with Gasteiger partial charge in [-0.15, -0.1) is 0 Å². The Morgan fingerprint density at radius 2 is 1.82 bits per heavy atom. The molecule has 6 nitrogen and oxygen atoms in total. The van der Waals surface area contributed by atoms with Gasteiger partial charge in [-0.3, -0.25) is 14.5 Å². The molecule has 3 aliphatic rings. The van der Waals surface area contributed by atoms with E-state index in [1.54, 1.807) is 42.5 Å². The van der Waals surface area contributed by atoms with Crippen LogP contribution in [-0.2, 0) is 0 Å². The Kier molecular flexibility index (Phi) is 5.13. The van der Waals surface area contributed by atoms with Crippen LogP contribution in [0.3, 0.4) is 0 Å². The van der Waals surface area contributed by atoms with Crippen LogP contribution in [0.25, 0.3) is 0 Å². The van der Waals surface area contributed by atoms with Gasteiger partial charge >= 0.3 is 0 Å². The molecule has 28 heavy (non-hydrogen) atoms. The molecule has 2 bridgehead atoms. The zero-order chi connectivity index (χ0) is 19.7. The maximum atomic E-state index is 12.7. The summed E-state index contributed by atoms with van der Waals surface area (Å²) in [5.74, 6) is 1.34. The van der Waals surface area contributed by atoms with Gasteiger partial charge in [0.1, 0.15) is 11.4 Å². The predicted molar refractivity (Wildman–Crippen MR) is 106 cm³/mol. The maximum absolute atomic E-state index is 12.7. The van der Waals surface area contributed by atoms with Gasteiger partial charge < -0.3 is 10.1 Å². The lowest BCUT2D eigenvalue weighted by molar-refractivity contribution is 0.0217. The molecule has 1 amide bonds. The largest absolute Gasteiger partial charge is 0.439 e. The molecule has 1 N–H and O–H groups in total. The fourth-order valence-electron chi connectivity index (χ4n) is 4.24. The highest BCUT2D eigenvalue weighted by molar-refractivity contribution is 5.94. The fourth-order valence-corrected chi connectivity index (χ4v) is 4.24. The van der Waals surface area contributed by atoms with E-state index in [2.05, 4.69) is 22.1 Å². The van der Waals surface area contributed by atoms with E-state index in [0.29, 0.717) is 34.8 Å². The summed E-state index contributed by atoms with van der Waals surface area (Å²) in [6, 6.07) is 12.7. The number of carbonyl (C=O) groups is 2. The minimum Gasteiger partial charge on any atom is -0.439 e. The SMILES string of the molecule is CC(=O)c1cccc(Oc2ccc(C(=O)NC3C4CCN(CC4)C3C)cc2)n1. The Hall–Kier alpha value is -2.73. The van der Waals surface area contributed by atoms with Crippen molar-refractivity contribution in [2.75, 3.05) is 13.1 Å². The van der Waals surface area contributed by atoms with Crippen molar-refractivity contribution in [1.29, 1.82) is 0 Å². The van der Waals surface area contributed by atoms with Crippen molar-refractivity contribution in [2.45, 2.75) is 38.8 Å². The standard InChI is InChI=1S/C22H25N3O3/c1-14-21(16-10-12-25(14)13-11-16)24-22(27)17-6-8-18(9-7-17)28-20-5-3-4-19(23-20)15(2)26/h3-9,14,16,21H,10-13H2,1-2H3,(H,24,27). The van der Waals surface area contributed by atoms with Gasteiger partial charge in [-0.2, -0.15) is 0 Å². The first-order valence-corrected chi connectivity index (χ1v) is 9.82. The molecule has 3 fully saturated rings. The van der Waals surface area contributed by atoms with Gasteiger partial charge in [-0.25, -0.2) is 4.98 Å². The smallest absolute Gasteiger partial charge is 0.251 e. The van der Waals surface area contributed by atoms with Crippen LogP contribution in [0.15, 0.2) is 42.5 Å². The zero-order valence-electron chi connectivity index (χ0n) is 16.2. The van der Waals surface area contributed by atoms with Crippen molar-refractivity contribution in [2.24, 2.45) is 5.92 Å². The van der Waals surface area contributed by atoms with E-state index in [0.717, 1.165) is 25.9 Å². The number of pyridine rings is 1. The maximum Gasteiger partial charge on any atom is 0.251 e. The minimum atomic E-state index is -0.112. The van der Waals surface area contributed by atoms with Crippen molar-refractivity contribution >= 4 is 11.7 Å². The van der Waals surface area contributed by atoms with Crippen molar-refractivity contribution in [3.63, 3.8) is 0 Å². The van der Waals surface area contributed by atoms with E-state index in [1.807, 2.05) is 0 Å². The minimum absolute atomic E-state index is 0.0474. The molecule has 0 spiro atoms. The molecular formula is C22H25N3O3. The number of ketones is 1. The predicted octanol–water partition coefficient (Wildman–Crippen LogP) is 3.29. The van der Waals surface area contributed by atoms with Crippen molar-refractivity contribution in [3.05, 3.63) is 53.7 Å². The number of benzene rings is 1. The number of ether oxygens (including phenoxy) is 1. The molecule has 3 saturated heterocycles. The topological polar surface area (TPSA) is 71.5 Å². The van der Waals surface area contributed by atoms with Crippen LogP contribution in [0.1, 0.15) is 47.5 Å². The second kappa shape index (κ2) is 7.72. The van der Waals surface area contributed by atoms with Gasteiger partial charge in [0.2, 0.25) is 5.88 Å². The number of aromatic nitrogens is 1. The number of hydrogen-bond donors (Lipinski definition) is 1. The molecule has 0 aliphatic carbocycles. The van der Waals surface area contributed by atoms with Crippen LogP contribution >= 0.6 is 0 Å². The highest BCUT2D eigenvalue weighted by Gasteiger charge is 2.40. The summed E-state index contributed by atoms with van der Waals surface area (Å²) in [7, 11) is 0. The third-order valence-corrected chi connectivity index (χ3v) is 5.90. The molecule has 2 unspecified atom stereocenters. The molecule has 146 valence electrons. The van der Waals surface area contributed by atoms with Crippen molar-refractivity contribution in [1.82, 2.24) is 15.2 Å². The first-order chi connectivity index (χ1) is 13.5. The Labute approximate surface area is 164 Å². The molecule has 0 radical (unpaired) electrons. The summed E-state index contributed by atoms with van der Waals surface area (Å²) >= 11 is 0. The average molecular weight is 379 g/mol. The second-order valence-electron chi connectivity index (χ2n) is 7.66. The molecule has 2 aromatic rings. The van der Waals surface area contributed by atoms with Crippen LogP contribution in [0.4, 0.5) is 0 Å². The van der Waals surface area contributed by atoms with Gasteiger partial charge in [-0.05, 0) is 69.1 Å². The number of amides is 1. The van der Waals surface area contributed by atoms with Crippen LogP contribution in [0.5, 0.6) is 11.6 Å². The van der Waals surface area contributed by atoms with E-state index >= 15 is 0 Å². The molecule has 0 saturated carbocycles. The number of nitrogens with zero attached hydrogens (tertiary/aromatic N) is 2. The van der Waals surface area contributed by atoms with Crippen LogP contribution in [0.2, 0.25) is 0 Å². The lowest BCUT2D eigenvalue weighted by Crippen LogP contribution is -2.62. The normalized spacial score (nSPS) is 25.9. The van der Waals surface area contributed by atoms with Gasteiger partial charge in [-0.1, -0.05) is 6.07 Å². The van der Waals surface area contributed by atoms with Crippen molar-refractivity contribution in [3.8, 4) is 11.6 Å². The quantitative estimate of drug-likeness (QED) is 0.807. The van der Waals surface area contributed by atoms with Gasteiger partial charge in [0.05, 0.1) is 0 Å². The summed E-state index contributed by atoms with van der Waals surface area (Å²) in [6.07, 6.45) is 2.32. The average Bonchev–Trinajstić information content (AvgIpc) is 2.71. The Morgan fingerprint density at radius 3 is 2.46 bits per heavy atom. The molecule has 1 aromatic carbocycles. The van der Waals surface area contributed by atoms with Gasteiger partial charge in [0.25, 0.3) is 5.91 Å². The summed E-state index contributed by atoms with van der Waals surface area (Å²) < 4.78 is 5.71. The van der Waals surface area contributed by atoms with E-state index in [-0.39, 0.29) is 17.7 Å². The highest BCUT2D eigenvalue weighted by atomic mass is 16.5. The summed E-state index contributed by atoms with van der Waals surface area (Å²) in [6.45, 7) is 5.96. The molecule has 5 rings (SSSR count). The van der Waals surface area contributed by atoms with Crippen LogP contribution < -0.4 is 10.1 Å². The zero-order valence-corrected chi connectivity index (χ0v) is 16.2. The molecule has 4 heterocycles. The number of Topliss-reactive ketones (excluding diaryl/α,β-unsaturated/α-hetero) is 1. The fraction of sp³-hybridized carbons (Fsp3) is 0.409. The van der Waals surface area contributed by atoms with E-state index in [9.17, 15) is 9.59 Å². The van der Waals surface area contributed by atoms with Crippen LogP contribution in [0, 0.1) is 5.92 Å². The third-order valence-electron chi connectivity index (χ3n) is 5.90. The monoisotopic (exact) mass is 379 g/mol. The molecule has 3 aliphatic heterocycles. The first kappa shape index (κ1) is 18.6. The number of fused-ring (bicyclic) bond motifs is 3.